The van der Waals surface area contributed by atoms with E-state index in [0.717, 1.165) is 10.5 Å². The maximum atomic E-state index is 12.7. The molecule has 3 aromatic carbocycles. The van der Waals surface area contributed by atoms with Gasteiger partial charge in [-0.05, 0) is 42.0 Å². The highest BCUT2D eigenvalue weighted by Gasteiger charge is 2.19. The summed E-state index contributed by atoms with van der Waals surface area (Å²) >= 11 is 1.40. The lowest BCUT2D eigenvalue weighted by Crippen LogP contribution is -2.21. The van der Waals surface area contributed by atoms with Gasteiger partial charge in [0, 0.05) is 15.7 Å². The van der Waals surface area contributed by atoms with Crippen LogP contribution >= 0.6 is 11.8 Å². The van der Waals surface area contributed by atoms with Gasteiger partial charge in [-0.15, -0.1) is 11.8 Å². The number of nitrogens with one attached hydrogen (secondary N) is 1. The summed E-state index contributed by atoms with van der Waals surface area (Å²) in [5, 5.41) is 12.0. The van der Waals surface area contributed by atoms with Gasteiger partial charge in [0.2, 0.25) is 0 Å². The minimum absolute atomic E-state index is 0.0385. The maximum absolute atomic E-state index is 12.7. The van der Waals surface area contributed by atoms with E-state index in [-0.39, 0.29) is 23.5 Å². The number of nitrogens with two attached hydrogens (primary N) is 2. The zero-order valence-corrected chi connectivity index (χ0v) is 17.4. The number of aliphatic imine (C=N–C) groups is 1. The number of carboxylic acids is 1. The molecule has 8 heteroatoms. The second-order valence-electron chi connectivity index (χ2n) is 6.65. The Hall–Kier alpha value is -3.78. The van der Waals surface area contributed by atoms with Gasteiger partial charge in [-0.25, -0.2) is 4.99 Å². The smallest absolute Gasteiger partial charge is 0.304 e. The highest BCUT2D eigenvalue weighted by Crippen LogP contribution is 2.41. The molecule has 1 amide bonds. The van der Waals surface area contributed by atoms with Gasteiger partial charge >= 0.3 is 5.97 Å². The van der Waals surface area contributed by atoms with Crippen molar-refractivity contribution in [1.82, 2.24) is 0 Å². The largest absolute Gasteiger partial charge is 0.481 e. The number of hydrogen-bond donors (Lipinski definition) is 4. The van der Waals surface area contributed by atoms with E-state index in [2.05, 4.69) is 10.3 Å². The second kappa shape index (κ2) is 10.3. The Labute approximate surface area is 184 Å². The summed E-state index contributed by atoms with van der Waals surface area (Å²) in [7, 11) is 0. The SMILES string of the molecule is NC(N)=Nc1ccc(C(=O)Nc2ccccc2SC(CC(=O)O)c2ccccc2)cc1. The third-order valence-corrected chi connectivity index (χ3v) is 5.66. The van der Waals surface area contributed by atoms with Crippen LogP contribution in [0.4, 0.5) is 11.4 Å². The summed E-state index contributed by atoms with van der Waals surface area (Å²) in [5.41, 5.74) is 13.2. The number of rotatable bonds is 8. The van der Waals surface area contributed by atoms with Crippen molar-refractivity contribution in [2.75, 3.05) is 5.32 Å². The van der Waals surface area contributed by atoms with Gasteiger partial charge in [0.15, 0.2) is 5.96 Å². The van der Waals surface area contributed by atoms with E-state index in [1.807, 2.05) is 48.5 Å². The van der Waals surface area contributed by atoms with Crippen molar-refractivity contribution in [3.05, 3.63) is 90.0 Å². The van der Waals surface area contributed by atoms with Crippen LogP contribution in [-0.4, -0.2) is 22.9 Å². The number of hydrogen-bond acceptors (Lipinski definition) is 4. The third kappa shape index (κ3) is 6.35. The summed E-state index contributed by atoms with van der Waals surface area (Å²) in [6, 6.07) is 23.3. The first kappa shape index (κ1) is 21.9. The fraction of sp³-hybridized carbons (Fsp3) is 0.0870. The topological polar surface area (TPSA) is 131 Å². The summed E-state index contributed by atoms with van der Waals surface area (Å²) in [4.78, 5) is 28.9. The van der Waals surface area contributed by atoms with Gasteiger partial charge in [-0.2, -0.15) is 0 Å². The molecule has 0 radical (unpaired) electrons. The Morgan fingerprint density at radius 3 is 2.23 bits per heavy atom. The molecule has 0 aliphatic rings. The average Bonchev–Trinajstić information content (AvgIpc) is 2.75. The standard InChI is InChI=1S/C23H22N4O3S/c24-23(25)26-17-12-10-16(11-13-17)22(30)27-18-8-4-5-9-19(18)31-20(14-21(28)29)15-6-2-1-3-7-15/h1-13,20H,14H2,(H,27,30)(H,28,29)(H4,24,25,26). The third-order valence-electron chi connectivity index (χ3n) is 4.32. The van der Waals surface area contributed by atoms with Gasteiger partial charge in [0.1, 0.15) is 0 Å². The highest BCUT2D eigenvalue weighted by molar-refractivity contribution is 7.99. The summed E-state index contributed by atoms with van der Waals surface area (Å²) in [5.74, 6) is -1.24. The van der Waals surface area contributed by atoms with E-state index in [0.29, 0.717) is 16.9 Å². The molecule has 0 aliphatic heterocycles. The Kier molecular flexibility index (Phi) is 7.29. The summed E-state index contributed by atoms with van der Waals surface area (Å²) in [6.45, 7) is 0. The number of para-hydroxylation sites is 1. The number of carbonyl (C=O) groups is 2. The molecule has 0 aliphatic carbocycles. The average molecular weight is 435 g/mol. The Morgan fingerprint density at radius 2 is 1.58 bits per heavy atom. The predicted octanol–water partition coefficient (Wildman–Crippen LogP) is 4.15. The molecule has 3 rings (SSSR count). The molecule has 158 valence electrons. The maximum Gasteiger partial charge on any atom is 0.304 e. The molecule has 0 heterocycles. The van der Waals surface area contributed by atoms with Gasteiger partial charge in [0.05, 0.1) is 17.8 Å². The fourth-order valence-corrected chi connectivity index (χ4v) is 4.14. The van der Waals surface area contributed by atoms with Crippen molar-refractivity contribution in [2.24, 2.45) is 16.5 Å². The van der Waals surface area contributed by atoms with E-state index in [4.69, 9.17) is 11.5 Å². The number of benzene rings is 3. The number of guanidine groups is 1. The van der Waals surface area contributed by atoms with Crippen LogP contribution < -0.4 is 16.8 Å². The second-order valence-corrected chi connectivity index (χ2v) is 7.89. The molecule has 3 aromatic rings. The van der Waals surface area contributed by atoms with Crippen LogP contribution in [-0.2, 0) is 4.79 Å². The molecular formula is C23H22N4O3S. The fourth-order valence-electron chi connectivity index (χ4n) is 2.91. The van der Waals surface area contributed by atoms with E-state index in [9.17, 15) is 14.7 Å². The molecule has 0 saturated heterocycles. The van der Waals surface area contributed by atoms with Gasteiger partial charge in [-0.3, -0.25) is 9.59 Å². The van der Waals surface area contributed by atoms with Crippen LogP contribution in [0.25, 0.3) is 0 Å². The lowest BCUT2D eigenvalue weighted by atomic mass is 10.1. The first-order valence-electron chi connectivity index (χ1n) is 9.46. The number of anilines is 1. The van der Waals surface area contributed by atoms with Crippen molar-refractivity contribution in [3.63, 3.8) is 0 Å². The number of amides is 1. The molecule has 31 heavy (non-hydrogen) atoms. The van der Waals surface area contributed by atoms with Crippen molar-refractivity contribution < 1.29 is 14.7 Å². The van der Waals surface area contributed by atoms with Crippen molar-refractivity contribution >= 4 is 41.0 Å². The normalized spacial score (nSPS) is 11.4. The van der Waals surface area contributed by atoms with E-state index >= 15 is 0 Å². The molecule has 0 saturated carbocycles. The summed E-state index contributed by atoms with van der Waals surface area (Å²) < 4.78 is 0. The van der Waals surface area contributed by atoms with Crippen LogP contribution in [0.2, 0.25) is 0 Å². The van der Waals surface area contributed by atoms with Crippen molar-refractivity contribution in [2.45, 2.75) is 16.6 Å². The molecule has 0 bridgehead atoms. The molecule has 7 nitrogen and oxygen atoms in total. The molecule has 6 N–H and O–H groups in total. The minimum Gasteiger partial charge on any atom is -0.481 e. The van der Waals surface area contributed by atoms with E-state index in [1.54, 1.807) is 30.3 Å². The molecular weight excluding hydrogens is 412 g/mol. The summed E-state index contributed by atoms with van der Waals surface area (Å²) in [6.07, 6.45) is -0.0385. The molecule has 1 unspecified atom stereocenters. The molecule has 1 atom stereocenters. The molecule has 0 fully saturated rings. The zero-order chi connectivity index (χ0) is 22.2. The Morgan fingerprint density at radius 1 is 0.935 bits per heavy atom. The highest BCUT2D eigenvalue weighted by atomic mass is 32.2. The number of carbonyl (C=O) groups excluding carboxylic acids is 1. The minimum atomic E-state index is -0.885. The first-order chi connectivity index (χ1) is 14.9. The monoisotopic (exact) mass is 434 g/mol. The van der Waals surface area contributed by atoms with Crippen LogP contribution in [0.3, 0.4) is 0 Å². The molecule has 0 aromatic heterocycles. The van der Waals surface area contributed by atoms with Crippen molar-refractivity contribution in [3.8, 4) is 0 Å². The van der Waals surface area contributed by atoms with Gasteiger partial charge in [-0.1, -0.05) is 42.5 Å². The van der Waals surface area contributed by atoms with Crippen LogP contribution in [0.15, 0.2) is 88.8 Å². The number of thioether (sulfide) groups is 1. The predicted molar refractivity (Wildman–Crippen MR) is 124 cm³/mol. The Bertz CT molecular complexity index is 1080. The first-order valence-corrected chi connectivity index (χ1v) is 10.3. The van der Waals surface area contributed by atoms with Crippen molar-refractivity contribution in [1.29, 1.82) is 0 Å². The Balaban J connectivity index is 1.80. The zero-order valence-electron chi connectivity index (χ0n) is 16.6. The van der Waals surface area contributed by atoms with Crippen LogP contribution in [0.1, 0.15) is 27.6 Å². The number of aliphatic carboxylic acids is 1. The number of nitrogens with zero attached hydrogens (tertiary/aromatic N) is 1. The quantitative estimate of drug-likeness (QED) is 0.239. The molecule has 0 spiro atoms. The van der Waals surface area contributed by atoms with Gasteiger partial charge in [0.25, 0.3) is 5.91 Å². The van der Waals surface area contributed by atoms with Gasteiger partial charge < -0.3 is 21.9 Å². The number of carboxylic acid groups (broad SMARTS) is 1. The lowest BCUT2D eigenvalue weighted by Gasteiger charge is -2.18. The van der Waals surface area contributed by atoms with Crippen LogP contribution in [0.5, 0.6) is 0 Å². The lowest BCUT2D eigenvalue weighted by molar-refractivity contribution is -0.137. The van der Waals surface area contributed by atoms with E-state index in [1.165, 1.54) is 11.8 Å². The van der Waals surface area contributed by atoms with E-state index < -0.39 is 5.97 Å². The van der Waals surface area contributed by atoms with Crippen LogP contribution in [0, 0.1) is 0 Å².